The lowest BCUT2D eigenvalue weighted by molar-refractivity contribution is 0.153. The van der Waals surface area contributed by atoms with E-state index in [-0.39, 0.29) is 12.6 Å². The number of aliphatic hydroxyl groups is 1. The fourth-order valence-electron chi connectivity index (χ4n) is 1.00. The molecular weight excluding hydrogens is 142 g/mol. The van der Waals surface area contributed by atoms with Crippen LogP contribution in [0.4, 0.5) is 0 Å². The van der Waals surface area contributed by atoms with Crippen LogP contribution in [-0.4, -0.2) is 37.5 Å². The fraction of sp³-hybridized carbons (Fsp3) is 1.00. The smallest absolute Gasteiger partial charge is 0.0613 e. The Bertz CT molecular complexity index is 84.2. The SMILES string of the molecule is CC[C@@H](CO)N[C@@H](C)COC. The van der Waals surface area contributed by atoms with Crippen LogP contribution in [-0.2, 0) is 4.74 Å². The summed E-state index contributed by atoms with van der Waals surface area (Å²) in [6.45, 7) is 4.98. The van der Waals surface area contributed by atoms with Gasteiger partial charge in [0.25, 0.3) is 0 Å². The number of methoxy groups -OCH3 is 1. The Morgan fingerprint density at radius 3 is 2.55 bits per heavy atom. The first kappa shape index (κ1) is 10.9. The largest absolute Gasteiger partial charge is 0.395 e. The first-order valence-electron chi connectivity index (χ1n) is 4.10. The molecule has 68 valence electrons. The summed E-state index contributed by atoms with van der Waals surface area (Å²) in [6.07, 6.45) is 0.949. The minimum absolute atomic E-state index is 0.199. The normalized spacial score (nSPS) is 16.4. The molecule has 11 heavy (non-hydrogen) atoms. The van der Waals surface area contributed by atoms with E-state index in [0.717, 1.165) is 6.42 Å². The third-order valence-corrected chi connectivity index (χ3v) is 1.65. The molecule has 0 fully saturated rings. The summed E-state index contributed by atoms with van der Waals surface area (Å²) in [6, 6.07) is 0.525. The van der Waals surface area contributed by atoms with E-state index in [4.69, 9.17) is 9.84 Å². The molecule has 0 aromatic rings. The number of aliphatic hydroxyl groups excluding tert-OH is 1. The number of nitrogens with one attached hydrogen (secondary N) is 1. The van der Waals surface area contributed by atoms with Crippen LogP contribution in [0.5, 0.6) is 0 Å². The van der Waals surface area contributed by atoms with E-state index in [1.165, 1.54) is 0 Å². The summed E-state index contributed by atoms with van der Waals surface area (Å²) in [5.74, 6) is 0. The van der Waals surface area contributed by atoms with E-state index in [1.807, 2.05) is 13.8 Å². The van der Waals surface area contributed by atoms with Gasteiger partial charge in [0.05, 0.1) is 13.2 Å². The molecule has 0 aliphatic carbocycles. The van der Waals surface area contributed by atoms with E-state index >= 15 is 0 Å². The predicted molar refractivity (Wildman–Crippen MR) is 45.6 cm³/mol. The molecule has 0 aliphatic heterocycles. The van der Waals surface area contributed by atoms with Crippen molar-refractivity contribution < 1.29 is 9.84 Å². The maximum absolute atomic E-state index is 8.84. The van der Waals surface area contributed by atoms with Gasteiger partial charge in [0.2, 0.25) is 0 Å². The minimum atomic E-state index is 0.199. The second-order valence-electron chi connectivity index (χ2n) is 2.81. The zero-order valence-electron chi connectivity index (χ0n) is 7.63. The number of hydrogen-bond acceptors (Lipinski definition) is 3. The van der Waals surface area contributed by atoms with Crippen molar-refractivity contribution in [3.63, 3.8) is 0 Å². The Morgan fingerprint density at radius 1 is 1.55 bits per heavy atom. The highest BCUT2D eigenvalue weighted by molar-refractivity contribution is 4.68. The molecule has 0 spiro atoms. The Balaban J connectivity index is 3.44. The van der Waals surface area contributed by atoms with Crippen LogP contribution in [0.3, 0.4) is 0 Å². The Kier molecular flexibility index (Phi) is 6.51. The topological polar surface area (TPSA) is 41.5 Å². The molecule has 0 bridgehead atoms. The molecule has 0 saturated carbocycles. The van der Waals surface area contributed by atoms with Gasteiger partial charge in [0, 0.05) is 19.2 Å². The van der Waals surface area contributed by atoms with Crippen molar-refractivity contribution in [3.05, 3.63) is 0 Å². The minimum Gasteiger partial charge on any atom is -0.395 e. The van der Waals surface area contributed by atoms with Crippen molar-refractivity contribution in [2.24, 2.45) is 0 Å². The quantitative estimate of drug-likeness (QED) is 0.592. The summed E-state index contributed by atoms with van der Waals surface area (Å²) in [4.78, 5) is 0. The molecule has 0 amide bonds. The maximum Gasteiger partial charge on any atom is 0.0613 e. The summed E-state index contributed by atoms with van der Waals surface area (Å²) in [7, 11) is 1.68. The van der Waals surface area contributed by atoms with Gasteiger partial charge >= 0.3 is 0 Å². The fourth-order valence-corrected chi connectivity index (χ4v) is 1.00. The second-order valence-corrected chi connectivity index (χ2v) is 2.81. The monoisotopic (exact) mass is 161 g/mol. The third kappa shape index (κ3) is 5.18. The summed E-state index contributed by atoms with van der Waals surface area (Å²) < 4.78 is 4.95. The van der Waals surface area contributed by atoms with E-state index in [1.54, 1.807) is 7.11 Å². The van der Waals surface area contributed by atoms with Crippen molar-refractivity contribution in [2.45, 2.75) is 32.4 Å². The molecule has 0 heterocycles. The molecule has 0 unspecified atom stereocenters. The highest BCUT2D eigenvalue weighted by Crippen LogP contribution is 1.92. The molecule has 3 heteroatoms. The zero-order valence-corrected chi connectivity index (χ0v) is 7.63. The van der Waals surface area contributed by atoms with Crippen molar-refractivity contribution in [3.8, 4) is 0 Å². The van der Waals surface area contributed by atoms with Gasteiger partial charge < -0.3 is 15.2 Å². The number of rotatable bonds is 6. The average Bonchev–Trinajstić information content (AvgIpc) is 2.01. The molecule has 2 N–H and O–H groups in total. The third-order valence-electron chi connectivity index (χ3n) is 1.65. The van der Waals surface area contributed by atoms with Crippen LogP contribution in [0.2, 0.25) is 0 Å². The Labute approximate surface area is 68.8 Å². The second kappa shape index (κ2) is 6.58. The molecule has 2 atom stereocenters. The average molecular weight is 161 g/mol. The summed E-state index contributed by atoms with van der Waals surface area (Å²) in [5.41, 5.74) is 0. The standard InChI is InChI=1S/C8H19NO2/c1-4-8(5-10)9-7(2)6-11-3/h7-10H,4-6H2,1-3H3/t7-,8-/m0/s1. The van der Waals surface area contributed by atoms with Crippen LogP contribution >= 0.6 is 0 Å². The van der Waals surface area contributed by atoms with Crippen molar-refractivity contribution in [2.75, 3.05) is 20.3 Å². The summed E-state index contributed by atoms with van der Waals surface area (Å²) in [5, 5.41) is 12.1. The first-order chi connectivity index (χ1) is 5.24. The molecule has 0 radical (unpaired) electrons. The summed E-state index contributed by atoms with van der Waals surface area (Å²) >= 11 is 0. The highest BCUT2D eigenvalue weighted by atomic mass is 16.5. The van der Waals surface area contributed by atoms with Crippen molar-refractivity contribution in [1.82, 2.24) is 5.32 Å². The molecule has 0 rings (SSSR count). The van der Waals surface area contributed by atoms with Crippen molar-refractivity contribution in [1.29, 1.82) is 0 Å². The van der Waals surface area contributed by atoms with Gasteiger partial charge in [-0.05, 0) is 13.3 Å². The van der Waals surface area contributed by atoms with E-state index in [2.05, 4.69) is 5.32 Å². The van der Waals surface area contributed by atoms with Crippen LogP contribution in [0.15, 0.2) is 0 Å². The lowest BCUT2D eigenvalue weighted by Gasteiger charge is -2.19. The Hall–Kier alpha value is -0.120. The highest BCUT2D eigenvalue weighted by Gasteiger charge is 2.07. The van der Waals surface area contributed by atoms with Crippen LogP contribution in [0, 0.1) is 0 Å². The lowest BCUT2D eigenvalue weighted by Crippen LogP contribution is -2.40. The van der Waals surface area contributed by atoms with Gasteiger partial charge in [-0.1, -0.05) is 6.92 Å². The first-order valence-corrected chi connectivity index (χ1v) is 4.10. The molecule has 0 aromatic heterocycles. The van der Waals surface area contributed by atoms with Crippen molar-refractivity contribution >= 4 is 0 Å². The van der Waals surface area contributed by atoms with Gasteiger partial charge in [-0.2, -0.15) is 0 Å². The number of ether oxygens (including phenoxy) is 1. The molecule has 0 aliphatic rings. The van der Waals surface area contributed by atoms with Gasteiger partial charge in [-0.25, -0.2) is 0 Å². The van der Waals surface area contributed by atoms with Crippen LogP contribution in [0.1, 0.15) is 20.3 Å². The lowest BCUT2D eigenvalue weighted by atomic mass is 10.2. The van der Waals surface area contributed by atoms with E-state index in [9.17, 15) is 0 Å². The van der Waals surface area contributed by atoms with Crippen LogP contribution < -0.4 is 5.32 Å². The Morgan fingerprint density at radius 2 is 2.18 bits per heavy atom. The number of hydrogen-bond donors (Lipinski definition) is 2. The predicted octanol–water partition coefficient (Wildman–Crippen LogP) is 0.382. The zero-order chi connectivity index (χ0) is 8.69. The van der Waals surface area contributed by atoms with Crippen LogP contribution in [0.25, 0.3) is 0 Å². The van der Waals surface area contributed by atoms with E-state index < -0.39 is 0 Å². The van der Waals surface area contributed by atoms with Gasteiger partial charge in [0.15, 0.2) is 0 Å². The van der Waals surface area contributed by atoms with E-state index in [0.29, 0.717) is 12.6 Å². The molecule has 0 saturated heterocycles. The van der Waals surface area contributed by atoms with Gasteiger partial charge in [-0.3, -0.25) is 0 Å². The molecule has 0 aromatic carbocycles. The maximum atomic E-state index is 8.84. The molecule has 3 nitrogen and oxygen atoms in total. The van der Waals surface area contributed by atoms with Gasteiger partial charge in [-0.15, -0.1) is 0 Å². The molecular formula is C8H19NO2. The van der Waals surface area contributed by atoms with Gasteiger partial charge in [0.1, 0.15) is 0 Å².